The summed E-state index contributed by atoms with van der Waals surface area (Å²) >= 11 is 5.82. The summed E-state index contributed by atoms with van der Waals surface area (Å²) in [7, 11) is 0. The highest BCUT2D eigenvalue weighted by molar-refractivity contribution is 6.30. The second kappa shape index (κ2) is 4.94. The quantitative estimate of drug-likeness (QED) is 0.762. The van der Waals surface area contributed by atoms with E-state index >= 15 is 0 Å². The maximum atomic E-state index is 11.6. The molecule has 1 aliphatic rings. The summed E-state index contributed by atoms with van der Waals surface area (Å²) in [5.74, 6) is -0.320. The van der Waals surface area contributed by atoms with Gasteiger partial charge in [0.1, 0.15) is 5.54 Å². The molecule has 17 heavy (non-hydrogen) atoms. The smallest absolute Gasteiger partial charge is 0.244 e. The van der Waals surface area contributed by atoms with Crippen molar-refractivity contribution < 1.29 is 4.79 Å². The maximum absolute atomic E-state index is 11.6. The standard InChI is InChI=1S/C12H16ClN3O/c13-9-2-4-10(5-3-9)16-12(11(14)17)6-1-7-15-8-12/h2-5,15-16H,1,6-8H2,(H2,14,17). The first-order valence-corrected chi connectivity index (χ1v) is 6.05. The highest BCUT2D eigenvalue weighted by Crippen LogP contribution is 2.23. The van der Waals surface area contributed by atoms with Crippen LogP contribution in [-0.4, -0.2) is 24.5 Å². The first-order valence-electron chi connectivity index (χ1n) is 5.67. The van der Waals surface area contributed by atoms with E-state index in [1.807, 2.05) is 12.1 Å². The van der Waals surface area contributed by atoms with Crippen LogP contribution < -0.4 is 16.4 Å². The van der Waals surface area contributed by atoms with Crippen molar-refractivity contribution in [3.8, 4) is 0 Å². The van der Waals surface area contributed by atoms with Crippen molar-refractivity contribution in [3.63, 3.8) is 0 Å². The van der Waals surface area contributed by atoms with Gasteiger partial charge in [-0.1, -0.05) is 11.6 Å². The second-order valence-electron chi connectivity index (χ2n) is 4.36. The zero-order chi connectivity index (χ0) is 12.3. The number of rotatable bonds is 3. The van der Waals surface area contributed by atoms with Crippen LogP contribution in [0.25, 0.3) is 0 Å². The highest BCUT2D eigenvalue weighted by Gasteiger charge is 2.37. The van der Waals surface area contributed by atoms with Gasteiger partial charge in [-0.05, 0) is 43.7 Å². The monoisotopic (exact) mass is 253 g/mol. The molecule has 0 aliphatic carbocycles. The van der Waals surface area contributed by atoms with Gasteiger partial charge < -0.3 is 16.4 Å². The molecular weight excluding hydrogens is 238 g/mol. The molecule has 5 heteroatoms. The highest BCUT2D eigenvalue weighted by atomic mass is 35.5. The van der Waals surface area contributed by atoms with Crippen LogP contribution >= 0.6 is 11.6 Å². The molecule has 0 bridgehead atoms. The number of halogens is 1. The molecular formula is C12H16ClN3O. The summed E-state index contributed by atoms with van der Waals surface area (Å²) in [6.07, 6.45) is 1.68. The number of nitrogens with two attached hydrogens (primary N) is 1. The molecule has 0 radical (unpaired) electrons. The van der Waals surface area contributed by atoms with E-state index < -0.39 is 5.54 Å². The summed E-state index contributed by atoms with van der Waals surface area (Å²) in [5.41, 5.74) is 5.68. The van der Waals surface area contributed by atoms with E-state index in [1.165, 1.54) is 0 Å². The number of anilines is 1. The van der Waals surface area contributed by atoms with Gasteiger partial charge in [-0.15, -0.1) is 0 Å². The number of primary amides is 1. The Labute approximate surface area is 106 Å². The fraction of sp³-hybridized carbons (Fsp3) is 0.417. The van der Waals surface area contributed by atoms with Crippen molar-refractivity contribution in [2.75, 3.05) is 18.4 Å². The van der Waals surface area contributed by atoms with Crippen LogP contribution in [0, 0.1) is 0 Å². The molecule has 4 N–H and O–H groups in total. The molecule has 1 saturated heterocycles. The molecule has 0 aromatic heterocycles. The Kier molecular flexibility index (Phi) is 3.54. The third-order valence-electron chi connectivity index (χ3n) is 3.08. The van der Waals surface area contributed by atoms with Crippen molar-refractivity contribution in [2.45, 2.75) is 18.4 Å². The molecule has 0 spiro atoms. The van der Waals surface area contributed by atoms with Gasteiger partial charge >= 0.3 is 0 Å². The minimum atomic E-state index is -0.688. The first kappa shape index (κ1) is 12.2. The lowest BCUT2D eigenvalue weighted by Gasteiger charge is -2.36. The predicted molar refractivity (Wildman–Crippen MR) is 69.1 cm³/mol. The molecule has 0 saturated carbocycles. The molecule has 1 aromatic carbocycles. The van der Waals surface area contributed by atoms with Crippen LogP contribution in [-0.2, 0) is 4.79 Å². The summed E-state index contributed by atoms with van der Waals surface area (Å²) in [6, 6.07) is 7.27. The SMILES string of the molecule is NC(=O)C1(Nc2ccc(Cl)cc2)CCCNC1. The van der Waals surface area contributed by atoms with E-state index in [4.69, 9.17) is 17.3 Å². The number of carbonyl (C=O) groups is 1. The Balaban J connectivity index is 2.17. The van der Waals surface area contributed by atoms with E-state index in [-0.39, 0.29) is 5.91 Å². The lowest BCUT2D eigenvalue weighted by atomic mass is 9.89. The average molecular weight is 254 g/mol. The lowest BCUT2D eigenvalue weighted by molar-refractivity contribution is -0.122. The molecule has 1 atom stereocenters. The fourth-order valence-electron chi connectivity index (χ4n) is 2.09. The molecule has 92 valence electrons. The minimum Gasteiger partial charge on any atom is -0.370 e. The van der Waals surface area contributed by atoms with Gasteiger partial charge in [0.2, 0.25) is 5.91 Å². The summed E-state index contributed by atoms with van der Waals surface area (Å²) in [6.45, 7) is 1.49. The van der Waals surface area contributed by atoms with E-state index in [1.54, 1.807) is 12.1 Å². The van der Waals surface area contributed by atoms with Crippen LogP contribution in [0.5, 0.6) is 0 Å². The van der Waals surface area contributed by atoms with E-state index in [0.29, 0.717) is 11.6 Å². The maximum Gasteiger partial charge on any atom is 0.244 e. The van der Waals surface area contributed by atoms with Crippen molar-refractivity contribution in [2.24, 2.45) is 5.73 Å². The van der Waals surface area contributed by atoms with Gasteiger partial charge in [0, 0.05) is 17.3 Å². The number of piperidine rings is 1. The van der Waals surface area contributed by atoms with Crippen molar-refractivity contribution in [1.82, 2.24) is 5.32 Å². The summed E-state index contributed by atoms with van der Waals surface area (Å²) in [5, 5.41) is 7.10. The second-order valence-corrected chi connectivity index (χ2v) is 4.80. The number of carbonyl (C=O) groups excluding carboxylic acids is 1. The predicted octanol–water partition coefficient (Wildman–Crippen LogP) is 1.36. The van der Waals surface area contributed by atoms with E-state index in [2.05, 4.69) is 10.6 Å². The topological polar surface area (TPSA) is 67.2 Å². The molecule has 1 aliphatic heterocycles. The van der Waals surface area contributed by atoms with Crippen LogP contribution in [0.1, 0.15) is 12.8 Å². The minimum absolute atomic E-state index is 0.320. The number of nitrogens with one attached hydrogen (secondary N) is 2. The van der Waals surface area contributed by atoms with Gasteiger partial charge in [0.15, 0.2) is 0 Å². The van der Waals surface area contributed by atoms with Crippen LogP contribution in [0.2, 0.25) is 5.02 Å². The van der Waals surface area contributed by atoms with Crippen LogP contribution in [0.3, 0.4) is 0 Å². The molecule has 1 fully saturated rings. The lowest BCUT2D eigenvalue weighted by Crippen LogP contribution is -2.59. The molecule has 1 heterocycles. The average Bonchev–Trinajstić information content (AvgIpc) is 2.33. The number of hydrogen-bond acceptors (Lipinski definition) is 3. The molecule has 1 amide bonds. The van der Waals surface area contributed by atoms with Gasteiger partial charge in [-0.3, -0.25) is 4.79 Å². The normalized spacial score (nSPS) is 24.3. The molecule has 4 nitrogen and oxygen atoms in total. The Bertz CT molecular complexity index is 399. The Morgan fingerprint density at radius 3 is 2.65 bits per heavy atom. The van der Waals surface area contributed by atoms with Crippen molar-refractivity contribution in [3.05, 3.63) is 29.3 Å². The third kappa shape index (κ3) is 2.70. The van der Waals surface area contributed by atoms with Crippen LogP contribution in [0.15, 0.2) is 24.3 Å². The Hall–Kier alpha value is -1.26. The Morgan fingerprint density at radius 2 is 2.12 bits per heavy atom. The van der Waals surface area contributed by atoms with Crippen LogP contribution in [0.4, 0.5) is 5.69 Å². The third-order valence-corrected chi connectivity index (χ3v) is 3.34. The zero-order valence-corrected chi connectivity index (χ0v) is 10.3. The fourth-order valence-corrected chi connectivity index (χ4v) is 2.22. The summed E-state index contributed by atoms with van der Waals surface area (Å²) in [4.78, 5) is 11.6. The molecule has 2 rings (SSSR count). The largest absolute Gasteiger partial charge is 0.370 e. The zero-order valence-electron chi connectivity index (χ0n) is 9.50. The van der Waals surface area contributed by atoms with Gasteiger partial charge in [0.25, 0.3) is 0 Å². The molecule has 1 unspecified atom stereocenters. The van der Waals surface area contributed by atoms with E-state index in [9.17, 15) is 4.79 Å². The van der Waals surface area contributed by atoms with Gasteiger partial charge in [-0.2, -0.15) is 0 Å². The van der Waals surface area contributed by atoms with Gasteiger partial charge in [0.05, 0.1) is 0 Å². The Morgan fingerprint density at radius 1 is 1.41 bits per heavy atom. The van der Waals surface area contributed by atoms with Crippen molar-refractivity contribution in [1.29, 1.82) is 0 Å². The van der Waals surface area contributed by atoms with Crippen molar-refractivity contribution >= 4 is 23.2 Å². The first-order chi connectivity index (χ1) is 8.12. The summed E-state index contributed by atoms with van der Waals surface area (Å²) < 4.78 is 0. The number of benzene rings is 1. The number of amides is 1. The van der Waals surface area contributed by atoms with Gasteiger partial charge in [-0.25, -0.2) is 0 Å². The number of hydrogen-bond donors (Lipinski definition) is 3. The van der Waals surface area contributed by atoms with E-state index in [0.717, 1.165) is 25.1 Å². The molecule has 1 aromatic rings.